The molecule has 0 spiro atoms. The molecule has 0 radical (unpaired) electrons. The summed E-state index contributed by atoms with van der Waals surface area (Å²) in [6.45, 7) is 0. The Labute approximate surface area is 192 Å². The van der Waals surface area contributed by atoms with E-state index in [1.165, 1.54) is 36.5 Å². The number of aliphatic carboxylic acids is 1. The van der Waals surface area contributed by atoms with E-state index in [1.807, 2.05) is 0 Å². The Hall–Kier alpha value is -3.79. The van der Waals surface area contributed by atoms with Gasteiger partial charge in [-0.05, 0) is 53.4 Å². The second kappa shape index (κ2) is 8.86. The molecule has 0 amide bonds. The van der Waals surface area contributed by atoms with E-state index < -0.39 is 28.1 Å². The zero-order valence-corrected chi connectivity index (χ0v) is 18.3. The molecule has 0 aliphatic heterocycles. The number of hydrogen-bond acceptors (Lipinski definition) is 4. The van der Waals surface area contributed by atoms with Crippen molar-refractivity contribution in [3.8, 4) is 16.9 Å². The number of alkyl halides is 3. The van der Waals surface area contributed by atoms with Crippen molar-refractivity contribution in [2.45, 2.75) is 24.1 Å². The standard InChI is InChI=1S/C24H18F3NO5S/c25-24(26,27)33-19-7-3-5-16(13-19)17-6-4-8-20(14-17)34(31,32)28-15-18(11-12-23(29)30)21-9-1-2-10-22(21)28/h1-10,13-15H,11-12H2,(H,29,30). The van der Waals surface area contributed by atoms with E-state index in [0.717, 1.165) is 10.0 Å². The minimum Gasteiger partial charge on any atom is -0.481 e. The van der Waals surface area contributed by atoms with Gasteiger partial charge in [-0.2, -0.15) is 0 Å². The van der Waals surface area contributed by atoms with E-state index in [0.29, 0.717) is 27.6 Å². The maximum Gasteiger partial charge on any atom is 0.573 e. The molecule has 3 aromatic carbocycles. The number of carbonyl (C=O) groups is 1. The molecule has 0 saturated heterocycles. The first-order valence-corrected chi connectivity index (χ1v) is 11.5. The van der Waals surface area contributed by atoms with Crippen molar-refractivity contribution in [3.05, 3.63) is 84.6 Å². The second-order valence-electron chi connectivity index (χ2n) is 7.47. The van der Waals surface area contributed by atoms with Gasteiger partial charge < -0.3 is 9.84 Å². The van der Waals surface area contributed by atoms with Gasteiger partial charge >= 0.3 is 12.3 Å². The van der Waals surface area contributed by atoms with Crippen LogP contribution in [0.3, 0.4) is 0 Å². The van der Waals surface area contributed by atoms with Gasteiger partial charge in [0.25, 0.3) is 10.0 Å². The summed E-state index contributed by atoms with van der Waals surface area (Å²) in [5, 5.41) is 9.64. The van der Waals surface area contributed by atoms with Gasteiger partial charge in [-0.15, -0.1) is 13.2 Å². The Bertz CT molecular complexity index is 1480. The van der Waals surface area contributed by atoms with Gasteiger partial charge in [0.15, 0.2) is 0 Å². The van der Waals surface area contributed by atoms with Crippen LogP contribution in [-0.4, -0.2) is 29.8 Å². The highest BCUT2D eigenvalue weighted by atomic mass is 32.2. The zero-order chi connectivity index (χ0) is 24.5. The summed E-state index contributed by atoms with van der Waals surface area (Å²) in [6, 6.07) is 17.9. The van der Waals surface area contributed by atoms with Gasteiger partial charge in [0.05, 0.1) is 10.4 Å². The van der Waals surface area contributed by atoms with Crippen LogP contribution in [0.15, 0.2) is 83.9 Å². The number of carboxylic acids is 1. The van der Waals surface area contributed by atoms with E-state index in [9.17, 15) is 26.4 Å². The van der Waals surface area contributed by atoms with Crippen LogP contribution in [0.5, 0.6) is 5.75 Å². The van der Waals surface area contributed by atoms with Gasteiger partial charge in [-0.25, -0.2) is 12.4 Å². The number of rotatable bonds is 7. The molecule has 0 atom stereocenters. The summed E-state index contributed by atoms with van der Waals surface area (Å²) >= 11 is 0. The van der Waals surface area contributed by atoms with E-state index in [-0.39, 0.29) is 17.7 Å². The lowest BCUT2D eigenvalue weighted by Gasteiger charge is -2.12. The highest BCUT2D eigenvalue weighted by Gasteiger charge is 2.31. The van der Waals surface area contributed by atoms with Crippen LogP contribution in [0.1, 0.15) is 12.0 Å². The maximum absolute atomic E-state index is 13.5. The molecule has 176 valence electrons. The molecular weight excluding hydrogens is 471 g/mol. The van der Waals surface area contributed by atoms with Crippen molar-refractivity contribution < 1.29 is 36.2 Å². The molecule has 1 N–H and O–H groups in total. The van der Waals surface area contributed by atoms with Crippen LogP contribution in [0.2, 0.25) is 0 Å². The molecule has 4 aromatic rings. The van der Waals surface area contributed by atoms with Crippen molar-refractivity contribution in [2.75, 3.05) is 0 Å². The number of ether oxygens (including phenoxy) is 1. The van der Waals surface area contributed by atoms with Crippen LogP contribution in [0.4, 0.5) is 13.2 Å². The van der Waals surface area contributed by atoms with E-state index in [2.05, 4.69) is 4.74 Å². The zero-order valence-electron chi connectivity index (χ0n) is 17.5. The van der Waals surface area contributed by atoms with Crippen molar-refractivity contribution >= 4 is 26.9 Å². The van der Waals surface area contributed by atoms with Crippen molar-refractivity contribution in [3.63, 3.8) is 0 Å². The highest BCUT2D eigenvalue weighted by Crippen LogP contribution is 2.31. The van der Waals surface area contributed by atoms with Crippen LogP contribution in [-0.2, 0) is 21.2 Å². The first-order valence-electron chi connectivity index (χ1n) is 10.1. The molecule has 0 saturated carbocycles. The average Bonchev–Trinajstić information content (AvgIpc) is 3.16. The summed E-state index contributed by atoms with van der Waals surface area (Å²) in [4.78, 5) is 10.9. The van der Waals surface area contributed by atoms with Crippen molar-refractivity contribution in [1.82, 2.24) is 3.97 Å². The molecule has 34 heavy (non-hydrogen) atoms. The summed E-state index contributed by atoms with van der Waals surface area (Å²) < 4.78 is 69.8. The fourth-order valence-corrected chi connectivity index (χ4v) is 5.12. The number of benzene rings is 3. The highest BCUT2D eigenvalue weighted by molar-refractivity contribution is 7.90. The molecule has 0 aliphatic carbocycles. The molecule has 0 bridgehead atoms. The van der Waals surface area contributed by atoms with Crippen molar-refractivity contribution in [1.29, 1.82) is 0 Å². The Morgan fingerprint density at radius 1 is 0.941 bits per heavy atom. The SMILES string of the molecule is O=C(O)CCc1cn(S(=O)(=O)c2cccc(-c3cccc(OC(F)(F)F)c3)c2)c2ccccc12. The Kier molecular flexibility index (Phi) is 6.09. The monoisotopic (exact) mass is 489 g/mol. The molecule has 0 aliphatic rings. The van der Waals surface area contributed by atoms with Gasteiger partial charge in [0.1, 0.15) is 5.75 Å². The Balaban J connectivity index is 1.75. The molecule has 6 nitrogen and oxygen atoms in total. The fraction of sp³-hybridized carbons (Fsp3) is 0.125. The van der Waals surface area contributed by atoms with Crippen LogP contribution in [0, 0.1) is 0 Å². The molecule has 1 aromatic heterocycles. The van der Waals surface area contributed by atoms with Crippen molar-refractivity contribution in [2.24, 2.45) is 0 Å². The van der Waals surface area contributed by atoms with Crippen LogP contribution < -0.4 is 4.74 Å². The Morgan fingerprint density at radius 3 is 2.32 bits per heavy atom. The minimum atomic E-state index is -4.85. The minimum absolute atomic E-state index is 0.0716. The number of nitrogens with zero attached hydrogens (tertiary/aromatic N) is 1. The van der Waals surface area contributed by atoms with Crippen LogP contribution >= 0.6 is 0 Å². The third-order valence-electron chi connectivity index (χ3n) is 5.16. The third kappa shape index (κ3) is 4.91. The number of para-hydroxylation sites is 1. The topological polar surface area (TPSA) is 85.6 Å². The Morgan fingerprint density at radius 2 is 1.62 bits per heavy atom. The summed E-state index contributed by atoms with van der Waals surface area (Å²) in [5.74, 6) is -1.41. The predicted octanol–water partition coefficient (Wildman–Crippen LogP) is 5.46. The number of aryl methyl sites for hydroxylation is 1. The van der Waals surface area contributed by atoms with Gasteiger partial charge in [-0.3, -0.25) is 4.79 Å². The van der Waals surface area contributed by atoms with Gasteiger partial charge in [-0.1, -0.05) is 42.5 Å². The predicted molar refractivity (Wildman–Crippen MR) is 119 cm³/mol. The van der Waals surface area contributed by atoms with Gasteiger partial charge in [0, 0.05) is 18.0 Å². The lowest BCUT2D eigenvalue weighted by Crippen LogP contribution is -2.17. The largest absolute Gasteiger partial charge is 0.573 e. The molecule has 0 fully saturated rings. The van der Waals surface area contributed by atoms with Gasteiger partial charge in [0.2, 0.25) is 0 Å². The van der Waals surface area contributed by atoms with E-state index in [1.54, 1.807) is 36.4 Å². The lowest BCUT2D eigenvalue weighted by molar-refractivity contribution is -0.274. The van der Waals surface area contributed by atoms with E-state index >= 15 is 0 Å². The molecule has 4 rings (SSSR count). The third-order valence-corrected chi connectivity index (χ3v) is 6.83. The first kappa shape index (κ1) is 23.4. The smallest absolute Gasteiger partial charge is 0.481 e. The summed E-state index contributed by atoms with van der Waals surface area (Å²) in [7, 11) is -4.09. The summed E-state index contributed by atoms with van der Waals surface area (Å²) in [6.07, 6.45) is -3.44. The summed E-state index contributed by atoms with van der Waals surface area (Å²) in [5.41, 5.74) is 1.71. The number of carboxylic acid groups (broad SMARTS) is 1. The molecule has 0 unspecified atom stereocenters. The molecular formula is C24H18F3NO5S. The van der Waals surface area contributed by atoms with E-state index in [4.69, 9.17) is 5.11 Å². The van der Waals surface area contributed by atoms with Crippen LogP contribution in [0.25, 0.3) is 22.0 Å². The molecule has 1 heterocycles. The second-order valence-corrected chi connectivity index (χ2v) is 9.28. The fourth-order valence-electron chi connectivity index (χ4n) is 3.68. The number of halogens is 3. The number of fused-ring (bicyclic) bond motifs is 1. The maximum atomic E-state index is 13.5. The normalized spacial score (nSPS) is 12.1. The lowest BCUT2D eigenvalue weighted by atomic mass is 10.1. The average molecular weight is 489 g/mol. The molecule has 10 heteroatoms. The first-order chi connectivity index (χ1) is 16.0. The number of hydrogen-bond donors (Lipinski definition) is 1. The number of aromatic nitrogens is 1. The quantitative estimate of drug-likeness (QED) is 0.373.